The first-order valence-corrected chi connectivity index (χ1v) is 11.1. The van der Waals surface area contributed by atoms with Crippen molar-refractivity contribution in [1.82, 2.24) is 24.9 Å². The normalized spacial score (nSPS) is 22.9. The van der Waals surface area contributed by atoms with E-state index >= 15 is 0 Å². The highest BCUT2D eigenvalue weighted by atomic mass is 127. The molecule has 9 heteroatoms. The second kappa shape index (κ2) is 11.9. The van der Waals surface area contributed by atoms with Crippen molar-refractivity contribution in [3.05, 3.63) is 21.3 Å². The van der Waals surface area contributed by atoms with Crippen molar-refractivity contribution >= 4 is 52.9 Å². The standard InChI is InChI=1S/C19H33ClN6S.HI/c1-4-21-19(22-13-16-14-23(2)7-8-24(16)3)26-11-9-25(10-12-26)15-17-5-6-18(20)27-17;/h5-6,16H,4,7-15H2,1-3H3,(H,21,22);1H. The van der Waals surface area contributed by atoms with Crippen LogP contribution in [0.5, 0.6) is 0 Å². The second-order valence-electron chi connectivity index (χ2n) is 7.56. The van der Waals surface area contributed by atoms with Crippen molar-refractivity contribution in [2.75, 3.05) is 73.0 Å². The number of piperazine rings is 2. The Labute approximate surface area is 195 Å². The Kier molecular flexibility index (Phi) is 10.3. The number of guanidine groups is 1. The number of likely N-dealkylation sites (N-methyl/N-ethyl adjacent to an activating group) is 2. The van der Waals surface area contributed by atoms with Crippen LogP contribution in [0.15, 0.2) is 17.1 Å². The first-order chi connectivity index (χ1) is 13.0. The van der Waals surface area contributed by atoms with Crippen LogP contribution in [0.3, 0.4) is 0 Å². The molecule has 0 bridgehead atoms. The zero-order valence-corrected chi connectivity index (χ0v) is 21.1. The molecule has 3 heterocycles. The number of aliphatic imine (C=N–C) groups is 1. The highest BCUT2D eigenvalue weighted by Crippen LogP contribution is 2.23. The summed E-state index contributed by atoms with van der Waals surface area (Å²) in [4.78, 5) is 16.1. The van der Waals surface area contributed by atoms with Gasteiger partial charge in [0, 0.05) is 69.8 Å². The summed E-state index contributed by atoms with van der Waals surface area (Å²) < 4.78 is 0.878. The molecule has 1 N–H and O–H groups in total. The summed E-state index contributed by atoms with van der Waals surface area (Å²) in [7, 11) is 4.42. The number of hydrogen-bond donors (Lipinski definition) is 1. The van der Waals surface area contributed by atoms with E-state index in [1.165, 1.54) is 4.88 Å². The van der Waals surface area contributed by atoms with Crippen LogP contribution in [-0.2, 0) is 6.54 Å². The summed E-state index contributed by atoms with van der Waals surface area (Å²) >= 11 is 7.74. The molecular formula is C19H34ClIN6S. The molecule has 0 aliphatic carbocycles. The zero-order valence-electron chi connectivity index (χ0n) is 17.2. The van der Waals surface area contributed by atoms with Gasteiger partial charge in [0.05, 0.1) is 10.9 Å². The van der Waals surface area contributed by atoms with Crippen LogP contribution >= 0.6 is 46.9 Å². The molecule has 1 unspecified atom stereocenters. The molecule has 0 spiro atoms. The molecule has 1 atom stereocenters. The lowest BCUT2D eigenvalue weighted by atomic mass is 10.2. The van der Waals surface area contributed by atoms with Crippen LogP contribution in [-0.4, -0.2) is 105 Å². The van der Waals surface area contributed by atoms with Crippen molar-refractivity contribution in [1.29, 1.82) is 0 Å². The van der Waals surface area contributed by atoms with Crippen molar-refractivity contribution in [2.45, 2.75) is 19.5 Å². The molecule has 0 saturated carbocycles. The van der Waals surface area contributed by atoms with Gasteiger partial charge in [-0.15, -0.1) is 35.3 Å². The van der Waals surface area contributed by atoms with Gasteiger partial charge >= 0.3 is 0 Å². The van der Waals surface area contributed by atoms with Crippen molar-refractivity contribution in [3.63, 3.8) is 0 Å². The number of halogens is 2. The van der Waals surface area contributed by atoms with Crippen LogP contribution in [0.1, 0.15) is 11.8 Å². The maximum Gasteiger partial charge on any atom is 0.194 e. The van der Waals surface area contributed by atoms with E-state index < -0.39 is 0 Å². The minimum absolute atomic E-state index is 0. The molecule has 3 rings (SSSR count). The molecule has 2 aliphatic heterocycles. The van der Waals surface area contributed by atoms with Gasteiger partial charge in [0.2, 0.25) is 0 Å². The van der Waals surface area contributed by atoms with E-state index in [-0.39, 0.29) is 24.0 Å². The summed E-state index contributed by atoms with van der Waals surface area (Å²) in [6.45, 7) is 12.4. The second-order valence-corrected chi connectivity index (χ2v) is 9.36. The topological polar surface area (TPSA) is 37.4 Å². The molecule has 0 radical (unpaired) electrons. The van der Waals surface area contributed by atoms with E-state index in [1.54, 1.807) is 11.3 Å². The third kappa shape index (κ3) is 6.98. The molecule has 2 saturated heterocycles. The van der Waals surface area contributed by atoms with Gasteiger partial charge in [0.1, 0.15) is 0 Å². The largest absolute Gasteiger partial charge is 0.357 e. The van der Waals surface area contributed by atoms with Gasteiger partial charge in [0.25, 0.3) is 0 Å². The Bertz CT molecular complexity index is 619. The molecule has 2 fully saturated rings. The van der Waals surface area contributed by atoms with Gasteiger partial charge in [-0.2, -0.15) is 0 Å². The van der Waals surface area contributed by atoms with Crippen LogP contribution in [0.4, 0.5) is 0 Å². The van der Waals surface area contributed by atoms with Gasteiger partial charge in [-0.1, -0.05) is 11.6 Å². The molecule has 160 valence electrons. The SMILES string of the molecule is CCNC(=NCC1CN(C)CCN1C)N1CCN(Cc2ccc(Cl)s2)CC1.I. The molecule has 1 aromatic rings. The van der Waals surface area contributed by atoms with E-state index in [1.807, 2.05) is 6.07 Å². The molecule has 0 amide bonds. The van der Waals surface area contributed by atoms with Gasteiger partial charge in [-0.3, -0.25) is 14.8 Å². The molecule has 28 heavy (non-hydrogen) atoms. The number of hydrogen-bond acceptors (Lipinski definition) is 5. The van der Waals surface area contributed by atoms with Gasteiger partial charge in [-0.05, 0) is 33.2 Å². The Morgan fingerprint density at radius 3 is 2.57 bits per heavy atom. The number of rotatable bonds is 5. The summed E-state index contributed by atoms with van der Waals surface area (Å²) in [6.07, 6.45) is 0. The van der Waals surface area contributed by atoms with E-state index in [0.29, 0.717) is 6.04 Å². The van der Waals surface area contributed by atoms with E-state index in [4.69, 9.17) is 16.6 Å². The Balaban J connectivity index is 0.00000280. The fraction of sp³-hybridized carbons (Fsp3) is 0.737. The monoisotopic (exact) mass is 540 g/mol. The molecular weight excluding hydrogens is 507 g/mol. The molecule has 1 aromatic heterocycles. The maximum atomic E-state index is 6.06. The highest BCUT2D eigenvalue weighted by molar-refractivity contribution is 14.0. The molecule has 6 nitrogen and oxygen atoms in total. The highest BCUT2D eigenvalue weighted by Gasteiger charge is 2.24. The minimum Gasteiger partial charge on any atom is -0.357 e. The summed E-state index contributed by atoms with van der Waals surface area (Å²) in [5, 5.41) is 3.50. The van der Waals surface area contributed by atoms with Gasteiger partial charge in [0.15, 0.2) is 5.96 Å². The predicted molar refractivity (Wildman–Crippen MR) is 131 cm³/mol. The van der Waals surface area contributed by atoms with Crippen molar-refractivity contribution in [2.24, 2.45) is 4.99 Å². The lowest BCUT2D eigenvalue weighted by Gasteiger charge is -2.38. The number of thiophene rings is 1. The lowest BCUT2D eigenvalue weighted by molar-refractivity contribution is 0.119. The van der Waals surface area contributed by atoms with Gasteiger partial charge in [-0.25, -0.2) is 0 Å². The average Bonchev–Trinajstić information content (AvgIpc) is 3.07. The summed E-state index contributed by atoms with van der Waals surface area (Å²) in [6, 6.07) is 4.64. The first kappa shape index (κ1) is 24.1. The summed E-state index contributed by atoms with van der Waals surface area (Å²) in [5.74, 6) is 1.07. The van der Waals surface area contributed by atoms with Crippen LogP contribution in [0.25, 0.3) is 0 Å². The summed E-state index contributed by atoms with van der Waals surface area (Å²) in [5.41, 5.74) is 0. The van der Waals surface area contributed by atoms with Crippen molar-refractivity contribution < 1.29 is 0 Å². The smallest absolute Gasteiger partial charge is 0.194 e. The number of nitrogens with one attached hydrogen (secondary N) is 1. The Morgan fingerprint density at radius 1 is 1.18 bits per heavy atom. The first-order valence-electron chi connectivity index (χ1n) is 9.93. The lowest BCUT2D eigenvalue weighted by Crippen LogP contribution is -2.53. The third-order valence-electron chi connectivity index (χ3n) is 5.45. The van der Waals surface area contributed by atoms with Crippen LogP contribution in [0, 0.1) is 0 Å². The molecule has 2 aliphatic rings. The third-order valence-corrected chi connectivity index (χ3v) is 6.66. The van der Waals surface area contributed by atoms with E-state index in [9.17, 15) is 0 Å². The minimum atomic E-state index is 0. The zero-order chi connectivity index (χ0) is 19.2. The Morgan fingerprint density at radius 2 is 1.93 bits per heavy atom. The van der Waals surface area contributed by atoms with E-state index in [2.05, 4.69) is 52.0 Å². The van der Waals surface area contributed by atoms with Crippen molar-refractivity contribution in [3.8, 4) is 0 Å². The van der Waals surface area contributed by atoms with E-state index in [0.717, 1.165) is 75.7 Å². The Hall–Kier alpha value is -0.130. The predicted octanol–water partition coefficient (Wildman–Crippen LogP) is 2.35. The number of nitrogens with zero attached hydrogens (tertiary/aromatic N) is 5. The van der Waals surface area contributed by atoms with Gasteiger partial charge < -0.3 is 15.1 Å². The fourth-order valence-corrected chi connectivity index (χ4v) is 4.82. The van der Waals surface area contributed by atoms with Crippen LogP contribution < -0.4 is 5.32 Å². The quantitative estimate of drug-likeness (QED) is 0.353. The van der Waals surface area contributed by atoms with Crippen LogP contribution in [0.2, 0.25) is 4.34 Å². The average molecular weight is 541 g/mol. The maximum absolute atomic E-state index is 6.06. The molecule has 0 aromatic carbocycles. The fourth-order valence-electron chi connectivity index (χ4n) is 3.69.